The highest BCUT2D eigenvalue weighted by Crippen LogP contribution is 2.33. The molecule has 2 aromatic rings. The Morgan fingerprint density at radius 3 is 2.00 bits per heavy atom. The maximum atomic E-state index is 12.9. The van der Waals surface area contributed by atoms with E-state index < -0.39 is 0 Å². The minimum absolute atomic E-state index is 0.214. The fraction of sp³-hybridized carbons (Fsp3) is 0.278. The van der Waals surface area contributed by atoms with Crippen LogP contribution < -0.4 is 24.8 Å². The summed E-state index contributed by atoms with van der Waals surface area (Å²) >= 11 is 0. The van der Waals surface area contributed by atoms with Crippen molar-refractivity contribution in [2.24, 2.45) is 0 Å². The van der Waals surface area contributed by atoms with Gasteiger partial charge in [0.1, 0.15) is 23.1 Å². The molecule has 0 heterocycles. The second kappa shape index (κ2) is 8.77. The molecule has 0 aromatic heterocycles. The van der Waals surface area contributed by atoms with Crippen molar-refractivity contribution < 1.29 is 23.4 Å². The van der Waals surface area contributed by atoms with Crippen LogP contribution in [0.3, 0.4) is 0 Å². The van der Waals surface area contributed by atoms with E-state index in [9.17, 15) is 9.18 Å². The van der Waals surface area contributed by atoms with E-state index in [1.807, 2.05) is 0 Å². The molecule has 0 spiro atoms. The van der Waals surface area contributed by atoms with Gasteiger partial charge in [0.2, 0.25) is 0 Å². The van der Waals surface area contributed by atoms with Crippen LogP contribution in [0.4, 0.5) is 9.18 Å². The number of methoxy groups -OCH3 is 3. The lowest BCUT2D eigenvalue weighted by molar-refractivity contribution is 0.240. The number of rotatable bonds is 7. The van der Waals surface area contributed by atoms with Gasteiger partial charge in [-0.3, -0.25) is 0 Å². The fourth-order valence-electron chi connectivity index (χ4n) is 2.27. The minimum Gasteiger partial charge on any atom is -0.496 e. The number of hydrogen-bond acceptors (Lipinski definition) is 4. The molecule has 0 atom stereocenters. The average Bonchev–Trinajstić information content (AvgIpc) is 2.65. The first-order chi connectivity index (χ1) is 12.1. The number of hydrogen-bond donors (Lipinski definition) is 2. The van der Waals surface area contributed by atoms with Gasteiger partial charge in [-0.25, -0.2) is 9.18 Å². The smallest absolute Gasteiger partial charge is 0.315 e. The summed E-state index contributed by atoms with van der Waals surface area (Å²) in [5.41, 5.74) is 1.50. The maximum absolute atomic E-state index is 12.9. The summed E-state index contributed by atoms with van der Waals surface area (Å²) in [5, 5.41) is 5.45. The highest BCUT2D eigenvalue weighted by molar-refractivity contribution is 5.74. The van der Waals surface area contributed by atoms with Crippen molar-refractivity contribution in [2.45, 2.75) is 13.1 Å². The molecule has 2 N–H and O–H groups in total. The van der Waals surface area contributed by atoms with Gasteiger partial charge in [-0.15, -0.1) is 0 Å². The standard InChI is InChI=1S/C18H21FN2O4/c1-23-14-8-16(24-2)15(17(9-14)25-3)11-21-18(22)20-10-12-4-6-13(19)7-5-12/h4-9H,10-11H2,1-3H3,(H2,20,21,22). The van der Waals surface area contributed by atoms with E-state index >= 15 is 0 Å². The summed E-state index contributed by atoms with van der Waals surface area (Å²) in [5.74, 6) is 1.38. The molecule has 0 bridgehead atoms. The predicted octanol–water partition coefficient (Wildman–Crippen LogP) is 2.85. The average molecular weight is 348 g/mol. The van der Waals surface area contributed by atoms with Gasteiger partial charge in [-0.2, -0.15) is 0 Å². The van der Waals surface area contributed by atoms with Crippen LogP contribution in [0.25, 0.3) is 0 Å². The summed E-state index contributed by atoms with van der Waals surface area (Å²) in [6, 6.07) is 9.01. The van der Waals surface area contributed by atoms with Gasteiger partial charge in [-0.05, 0) is 17.7 Å². The second-order valence-corrected chi connectivity index (χ2v) is 5.17. The van der Waals surface area contributed by atoms with Crippen LogP contribution in [-0.4, -0.2) is 27.4 Å². The summed E-state index contributed by atoms with van der Waals surface area (Å²) in [6.07, 6.45) is 0. The van der Waals surface area contributed by atoms with Crippen LogP contribution in [0.2, 0.25) is 0 Å². The third-order valence-corrected chi connectivity index (χ3v) is 3.61. The molecule has 2 amide bonds. The zero-order valence-electron chi connectivity index (χ0n) is 14.4. The van der Waals surface area contributed by atoms with E-state index in [2.05, 4.69) is 10.6 Å². The van der Waals surface area contributed by atoms with Gasteiger partial charge in [0.05, 0.1) is 33.4 Å². The van der Waals surface area contributed by atoms with Gasteiger partial charge >= 0.3 is 6.03 Å². The summed E-state index contributed by atoms with van der Waals surface area (Å²) in [6.45, 7) is 0.509. The van der Waals surface area contributed by atoms with E-state index in [0.29, 0.717) is 29.4 Å². The molecule has 134 valence electrons. The first kappa shape index (κ1) is 18.4. The Labute approximate surface area is 145 Å². The summed E-state index contributed by atoms with van der Waals surface area (Å²) in [4.78, 5) is 12.0. The third-order valence-electron chi connectivity index (χ3n) is 3.61. The van der Waals surface area contributed by atoms with Gasteiger partial charge in [0.25, 0.3) is 0 Å². The molecular formula is C18H21FN2O4. The van der Waals surface area contributed by atoms with Crippen LogP contribution in [0, 0.1) is 5.82 Å². The number of urea groups is 1. The molecule has 0 saturated heterocycles. The zero-order valence-corrected chi connectivity index (χ0v) is 14.4. The second-order valence-electron chi connectivity index (χ2n) is 5.17. The first-order valence-electron chi connectivity index (χ1n) is 7.62. The molecule has 0 aliphatic carbocycles. The molecule has 2 aromatic carbocycles. The topological polar surface area (TPSA) is 68.8 Å². The molecule has 0 saturated carbocycles. The molecule has 6 nitrogen and oxygen atoms in total. The van der Waals surface area contributed by atoms with Crippen molar-refractivity contribution in [1.82, 2.24) is 10.6 Å². The molecule has 0 aliphatic heterocycles. The Balaban J connectivity index is 1.97. The Kier molecular flexibility index (Phi) is 6.45. The highest BCUT2D eigenvalue weighted by atomic mass is 19.1. The maximum Gasteiger partial charge on any atom is 0.315 e. The number of ether oxygens (including phenoxy) is 3. The molecule has 7 heteroatoms. The van der Waals surface area contributed by atoms with Crippen LogP contribution in [-0.2, 0) is 13.1 Å². The van der Waals surface area contributed by atoms with E-state index in [1.54, 1.807) is 31.4 Å². The Morgan fingerprint density at radius 2 is 1.48 bits per heavy atom. The van der Waals surface area contributed by atoms with Crippen molar-refractivity contribution >= 4 is 6.03 Å². The lowest BCUT2D eigenvalue weighted by atomic mass is 10.1. The predicted molar refractivity (Wildman–Crippen MR) is 91.6 cm³/mol. The van der Waals surface area contributed by atoms with Crippen molar-refractivity contribution in [3.8, 4) is 17.2 Å². The molecular weight excluding hydrogens is 327 g/mol. The highest BCUT2D eigenvalue weighted by Gasteiger charge is 2.14. The quantitative estimate of drug-likeness (QED) is 0.807. The molecule has 25 heavy (non-hydrogen) atoms. The van der Waals surface area contributed by atoms with Gasteiger partial charge in [0.15, 0.2) is 0 Å². The van der Waals surface area contributed by atoms with Crippen LogP contribution in [0.5, 0.6) is 17.2 Å². The van der Waals surface area contributed by atoms with Crippen molar-refractivity contribution in [1.29, 1.82) is 0 Å². The van der Waals surface area contributed by atoms with Crippen molar-refractivity contribution in [2.75, 3.05) is 21.3 Å². The zero-order chi connectivity index (χ0) is 18.2. The largest absolute Gasteiger partial charge is 0.496 e. The Bertz CT molecular complexity index is 695. The summed E-state index contributed by atoms with van der Waals surface area (Å²) in [7, 11) is 4.62. The van der Waals surface area contributed by atoms with Crippen LogP contribution in [0.1, 0.15) is 11.1 Å². The number of nitrogens with one attached hydrogen (secondary N) is 2. The number of benzene rings is 2. The Hall–Kier alpha value is -2.96. The molecule has 2 rings (SSSR count). The lowest BCUT2D eigenvalue weighted by Gasteiger charge is -2.16. The van der Waals surface area contributed by atoms with Gasteiger partial charge < -0.3 is 24.8 Å². The minimum atomic E-state index is -0.357. The van der Waals surface area contributed by atoms with Crippen molar-refractivity contribution in [3.05, 3.63) is 53.3 Å². The van der Waals surface area contributed by atoms with Gasteiger partial charge in [0, 0.05) is 18.7 Å². The fourth-order valence-corrected chi connectivity index (χ4v) is 2.27. The van der Waals surface area contributed by atoms with Crippen molar-refractivity contribution in [3.63, 3.8) is 0 Å². The number of amides is 2. The van der Waals surface area contributed by atoms with E-state index in [-0.39, 0.29) is 18.4 Å². The van der Waals surface area contributed by atoms with E-state index in [1.165, 1.54) is 26.4 Å². The number of carbonyl (C=O) groups excluding carboxylic acids is 1. The number of carbonyl (C=O) groups is 1. The monoisotopic (exact) mass is 348 g/mol. The SMILES string of the molecule is COc1cc(OC)c(CNC(=O)NCc2ccc(F)cc2)c(OC)c1. The van der Waals surface area contributed by atoms with Gasteiger partial charge in [-0.1, -0.05) is 12.1 Å². The third kappa shape index (κ3) is 5.00. The lowest BCUT2D eigenvalue weighted by Crippen LogP contribution is -2.34. The molecule has 0 radical (unpaired) electrons. The normalized spacial score (nSPS) is 10.1. The first-order valence-corrected chi connectivity index (χ1v) is 7.62. The molecule has 0 fully saturated rings. The number of halogens is 1. The van der Waals surface area contributed by atoms with Crippen LogP contribution in [0.15, 0.2) is 36.4 Å². The summed E-state index contributed by atoms with van der Waals surface area (Å²) < 4.78 is 28.7. The molecule has 0 unspecified atom stereocenters. The van der Waals surface area contributed by atoms with E-state index in [4.69, 9.17) is 14.2 Å². The molecule has 0 aliphatic rings. The Morgan fingerprint density at radius 1 is 0.920 bits per heavy atom. The van der Waals surface area contributed by atoms with E-state index in [0.717, 1.165) is 5.56 Å². The van der Waals surface area contributed by atoms with Crippen LogP contribution >= 0.6 is 0 Å².